The molecule has 0 aliphatic rings. The van der Waals surface area contributed by atoms with Gasteiger partial charge in [-0.2, -0.15) is 0 Å². The van der Waals surface area contributed by atoms with Gasteiger partial charge in [0.15, 0.2) is 11.4 Å². The number of benzene rings is 8. The zero-order chi connectivity index (χ0) is 39.1. The highest BCUT2D eigenvalue weighted by Gasteiger charge is 2.21. The van der Waals surface area contributed by atoms with E-state index < -0.39 is 0 Å². The van der Waals surface area contributed by atoms with Crippen molar-refractivity contribution in [1.82, 2.24) is 15.0 Å². The fourth-order valence-corrected chi connectivity index (χ4v) is 8.18. The minimum absolute atomic E-state index is 0.680. The van der Waals surface area contributed by atoms with E-state index in [1.54, 1.807) is 0 Å². The van der Waals surface area contributed by atoms with Gasteiger partial charge in [-0.05, 0) is 57.6 Å². The van der Waals surface area contributed by atoms with Crippen molar-refractivity contribution in [1.29, 1.82) is 0 Å². The van der Waals surface area contributed by atoms with E-state index in [9.17, 15) is 0 Å². The molecule has 0 fully saturated rings. The minimum Gasteiger partial charge on any atom is -0.454 e. The summed E-state index contributed by atoms with van der Waals surface area (Å²) in [5.41, 5.74) is 15.9. The van der Waals surface area contributed by atoms with E-state index in [4.69, 9.17) is 19.4 Å². The van der Waals surface area contributed by atoms with Crippen molar-refractivity contribution < 1.29 is 4.42 Å². The predicted octanol–water partition coefficient (Wildman–Crippen LogP) is 14.6. The molecule has 0 N–H and O–H groups in total. The molecule has 11 rings (SSSR count). The molecule has 0 saturated heterocycles. The van der Waals surface area contributed by atoms with Crippen LogP contribution >= 0.6 is 0 Å². The molecule has 0 aliphatic heterocycles. The van der Waals surface area contributed by atoms with Crippen molar-refractivity contribution >= 4 is 32.8 Å². The van der Waals surface area contributed by atoms with Gasteiger partial charge in [0.2, 0.25) is 0 Å². The molecule has 11 aromatic rings. The molecule has 0 unspecified atom stereocenters. The Hall–Kier alpha value is -7.95. The van der Waals surface area contributed by atoms with E-state index >= 15 is 0 Å². The number of hydrogen-bond donors (Lipinski definition) is 0. The second kappa shape index (κ2) is 14.5. The molecule has 3 aromatic heterocycles. The zero-order valence-electron chi connectivity index (χ0n) is 32.0. The van der Waals surface area contributed by atoms with Crippen LogP contribution in [0.25, 0.3) is 111 Å². The summed E-state index contributed by atoms with van der Waals surface area (Å²) >= 11 is 0. The Labute approximate surface area is 341 Å². The Bertz CT molecular complexity index is 3280. The third-order valence-electron chi connectivity index (χ3n) is 11.1. The number of furan rings is 1. The van der Waals surface area contributed by atoms with Crippen molar-refractivity contribution in [3.8, 4) is 78.5 Å². The minimum atomic E-state index is 0.680. The third kappa shape index (κ3) is 6.34. The molecular weight excluding hydrogens is 719 g/mol. The number of rotatable bonds is 7. The van der Waals surface area contributed by atoms with Gasteiger partial charge in [0.1, 0.15) is 11.3 Å². The maximum Gasteiger partial charge on any atom is 0.162 e. The Kier molecular flexibility index (Phi) is 8.45. The van der Waals surface area contributed by atoms with Gasteiger partial charge < -0.3 is 4.42 Å². The Morgan fingerprint density at radius 2 is 0.831 bits per heavy atom. The number of pyridine rings is 1. The summed E-state index contributed by atoms with van der Waals surface area (Å²) in [5.74, 6) is 0.680. The van der Waals surface area contributed by atoms with Crippen LogP contribution in [0.2, 0.25) is 0 Å². The van der Waals surface area contributed by atoms with Gasteiger partial charge in [0, 0.05) is 38.4 Å². The first-order valence-corrected chi connectivity index (χ1v) is 19.8. The Morgan fingerprint density at radius 3 is 1.51 bits per heavy atom. The summed E-state index contributed by atoms with van der Waals surface area (Å²) in [6.45, 7) is 0. The molecule has 3 heterocycles. The van der Waals surface area contributed by atoms with Crippen LogP contribution in [0, 0.1) is 0 Å². The van der Waals surface area contributed by atoms with Gasteiger partial charge in [-0.1, -0.05) is 188 Å². The first-order chi connectivity index (χ1) is 29.2. The molecule has 0 amide bonds. The summed E-state index contributed by atoms with van der Waals surface area (Å²) in [5, 5.41) is 3.21. The lowest BCUT2D eigenvalue weighted by atomic mass is 9.93. The largest absolute Gasteiger partial charge is 0.454 e. The maximum atomic E-state index is 6.73. The number of nitrogens with zero attached hydrogens (tertiary/aromatic N) is 3. The number of para-hydroxylation sites is 1. The average Bonchev–Trinajstić information content (AvgIpc) is 3.72. The Balaban J connectivity index is 1.03. The first kappa shape index (κ1) is 34.3. The molecule has 0 atom stereocenters. The zero-order valence-corrected chi connectivity index (χ0v) is 32.0. The molecule has 0 bridgehead atoms. The normalized spacial score (nSPS) is 11.4. The van der Waals surface area contributed by atoms with Gasteiger partial charge in [0.05, 0.1) is 16.9 Å². The Morgan fingerprint density at radius 1 is 0.322 bits per heavy atom. The monoisotopic (exact) mass is 753 g/mol. The van der Waals surface area contributed by atoms with Gasteiger partial charge >= 0.3 is 0 Å². The molecular formula is C55H35N3O. The number of hydrogen-bond acceptors (Lipinski definition) is 4. The smallest absolute Gasteiger partial charge is 0.162 e. The SMILES string of the molecule is c1ccc(-c2ccc(-c3cc(-c4ccc(-c5nc6cccc(-c7cccc(-c8ccccc8)c7)c6c6c5oc5ccccc56)cc4)nc(-c4ccccc4)n3)cc2)cc1. The standard InChI is InChI=1S/C55H35N3O/c1-4-14-36(15-5-1)38-26-28-39(29-27-38)48-35-49(58-55(57-48)42-18-8-3-9-19-42)40-30-32-41(33-31-40)53-54-52(46-22-10-11-25-50(46)59-54)51-45(23-13-24-47(51)56-53)44-21-12-20-43(34-44)37-16-6-2-7-17-37/h1-35H. The lowest BCUT2D eigenvalue weighted by Gasteiger charge is -2.13. The van der Waals surface area contributed by atoms with Crippen LogP contribution in [0.15, 0.2) is 217 Å². The third-order valence-corrected chi connectivity index (χ3v) is 11.1. The van der Waals surface area contributed by atoms with Crippen LogP contribution in [0.1, 0.15) is 0 Å². The first-order valence-electron chi connectivity index (χ1n) is 19.8. The highest BCUT2D eigenvalue weighted by Crippen LogP contribution is 2.43. The van der Waals surface area contributed by atoms with Crippen molar-refractivity contribution in [3.05, 3.63) is 212 Å². The number of fused-ring (bicyclic) bond motifs is 5. The molecule has 0 saturated carbocycles. The topological polar surface area (TPSA) is 51.8 Å². The van der Waals surface area contributed by atoms with Crippen molar-refractivity contribution in [2.75, 3.05) is 0 Å². The fourth-order valence-electron chi connectivity index (χ4n) is 8.18. The maximum absolute atomic E-state index is 6.73. The molecule has 8 aromatic carbocycles. The van der Waals surface area contributed by atoms with Crippen LogP contribution in [0.3, 0.4) is 0 Å². The summed E-state index contributed by atoms with van der Waals surface area (Å²) in [7, 11) is 0. The van der Waals surface area contributed by atoms with E-state index in [-0.39, 0.29) is 0 Å². The summed E-state index contributed by atoms with van der Waals surface area (Å²) < 4.78 is 6.73. The van der Waals surface area contributed by atoms with E-state index in [0.29, 0.717) is 5.82 Å². The van der Waals surface area contributed by atoms with Gasteiger partial charge in [0.25, 0.3) is 0 Å². The lowest BCUT2D eigenvalue weighted by Crippen LogP contribution is -1.96. The molecule has 4 heteroatoms. The summed E-state index contributed by atoms with van der Waals surface area (Å²) in [6, 6.07) is 73.8. The summed E-state index contributed by atoms with van der Waals surface area (Å²) in [6.07, 6.45) is 0. The molecule has 0 radical (unpaired) electrons. The van der Waals surface area contributed by atoms with E-state index in [2.05, 4.69) is 176 Å². The average molecular weight is 754 g/mol. The quantitative estimate of drug-likeness (QED) is 0.163. The van der Waals surface area contributed by atoms with E-state index in [1.165, 1.54) is 16.7 Å². The van der Waals surface area contributed by atoms with Crippen LogP contribution in [-0.4, -0.2) is 15.0 Å². The highest BCUT2D eigenvalue weighted by molar-refractivity contribution is 6.24. The molecule has 0 spiro atoms. The molecule has 276 valence electrons. The lowest BCUT2D eigenvalue weighted by molar-refractivity contribution is 0.669. The van der Waals surface area contributed by atoms with Crippen molar-refractivity contribution in [3.63, 3.8) is 0 Å². The van der Waals surface area contributed by atoms with Crippen LogP contribution in [0.5, 0.6) is 0 Å². The van der Waals surface area contributed by atoms with Gasteiger partial charge in [-0.15, -0.1) is 0 Å². The predicted molar refractivity (Wildman–Crippen MR) is 243 cm³/mol. The molecule has 4 nitrogen and oxygen atoms in total. The second-order valence-corrected chi connectivity index (χ2v) is 14.8. The van der Waals surface area contributed by atoms with Crippen molar-refractivity contribution in [2.45, 2.75) is 0 Å². The highest BCUT2D eigenvalue weighted by atomic mass is 16.3. The van der Waals surface area contributed by atoms with Crippen molar-refractivity contribution in [2.24, 2.45) is 0 Å². The number of aromatic nitrogens is 3. The molecule has 0 aliphatic carbocycles. The van der Waals surface area contributed by atoms with E-state index in [1.807, 2.05) is 36.4 Å². The molecule has 59 heavy (non-hydrogen) atoms. The van der Waals surface area contributed by atoms with Gasteiger partial charge in [-0.3, -0.25) is 0 Å². The summed E-state index contributed by atoms with van der Waals surface area (Å²) in [4.78, 5) is 15.5. The van der Waals surface area contributed by atoms with Crippen LogP contribution in [-0.2, 0) is 0 Å². The van der Waals surface area contributed by atoms with Crippen LogP contribution < -0.4 is 0 Å². The van der Waals surface area contributed by atoms with Crippen LogP contribution in [0.4, 0.5) is 0 Å². The second-order valence-electron chi connectivity index (χ2n) is 14.8. The van der Waals surface area contributed by atoms with E-state index in [0.717, 1.165) is 88.9 Å². The van der Waals surface area contributed by atoms with Gasteiger partial charge in [-0.25, -0.2) is 15.0 Å². The fraction of sp³-hybridized carbons (Fsp3) is 0.